The Morgan fingerprint density at radius 1 is 1.17 bits per heavy atom. The van der Waals surface area contributed by atoms with Gasteiger partial charge < -0.3 is 9.80 Å². The smallest absolute Gasteiger partial charge is 0.291 e. The van der Waals surface area contributed by atoms with Crippen molar-refractivity contribution in [3.8, 4) is 0 Å². The SMILES string of the molecule is CN(c1cccnn1)[C@@H]1CC[C@@H]2CN(C(=O)c3ncccn3)C[C@@H]21. The first-order valence-corrected chi connectivity index (χ1v) is 8.31. The lowest BCUT2D eigenvalue weighted by atomic mass is 9.97. The lowest BCUT2D eigenvalue weighted by Crippen LogP contribution is -2.39. The predicted octanol–water partition coefficient (Wildman–Crippen LogP) is 1.25. The lowest BCUT2D eigenvalue weighted by Gasteiger charge is -2.30. The van der Waals surface area contributed by atoms with E-state index in [-0.39, 0.29) is 11.7 Å². The second-order valence-corrected chi connectivity index (χ2v) is 6.54. The maximum Gasteiger partial charge on any atom is 0.291 e. The number of fused-ring (bicyclic) bond motifs is 1. The van der Waals surface area contributed by atoms with E-state index in [1.165, 1.54) is 0 Å². The Labute approximate surface area is 140 Å². The summed E-state index contributed by atoms with van der Waals surface area (Å²) in [5, 5.41) is 8.19. The predicted molar refractivity (Wildman–Crippen MR) is 88.4 cm³/mol. The van der Waals surface area contributed by atoms with Crippen molar-refractivity contribution in [1.29, 1.82) is 0 Å². The van der Waals surface area contributed by atoms with Crippen LogP contribution in [0.25, 0.3) is 0 Å². The maximum absolute atomic E-state index is 12.6. The van der Waals surface area contributed by atoms with Crippen LogP contribution in [0.4, 0.5) is 5.82 Å². The molecule has 24 heavy (non-hydrogen) atoms. The summed E-state index contributed by atoms with van der Waals surface area (Å²) >= 11 is 0. The second kappa shape index (κ2) is 6.14. The van der Waals surface area contributed by atoms with Crippen molar-refractivity contribution in [3.63, 3.8) is 0 Å². The Morgan fingerprint density at radius 2 is 2.00 bits per heavy atom. The van der Waals surface area contributed by atoms with Crippen LogP contribution >= 0.6 is 0 Å². The molecular weight excluding hydrogens is 304 g/mol. The van der Waals surface area contributed by atoms with E-state index in [1.807, 2.05) is 17.0 Å². The molecule has 2 fully saturated rings. The first kappa shape index (κ1) is 15.0. The molecule has 0 aromatic carbocycles. The quantitative estimate of drug-likeness (QED) is 0.846. The summed E-state index contributed by atoms with van der Waals surface area (Å²) in [6.07, 6.45) is 7.18. The third-order valence-electron chi connectivity index (χ3n) is 5.28. The molecule has 1 amide bonds. The Morgan fingerprint density at radius 3 is 2.75 bits per heavy atom. The average molecular weight is 324 g/mol. The minimum atomic E-state index is -0.0640. The number of carbonyl (C=O) groups excluding carboxylic acids is 1. The van der Waals surface area contributed by atoms with Crippen LogP contribution in [0, 0.1) is 11.8 Å². The molecule has 0 N–H and O–H groups in total. The number of carbonyl (C=O) groups is 1. The van der Waals surface area contributed by atoms with E-state index in [4.69, 9.17) is 0 Å². The van der Waals surface area contributed by atoms with Crippen LogP contribution in [0.3, 0.4) is 0 Å². The standard InChI is InChI=1S/C17H20N6O/c1-22(15-4-2-9-20-21-15)14-6-5-12-10-23(11-13(12)14)17(24)16-18-7-3-8-19-16/h2-4,7-9,12-14H,5-6,10-11H2,1H3/t12-,13+,14-/m1/s1. The van der Waals surface area contributed by atoms with Crippen LogP contribution < -0.4 is 4.90 Å². The van der Waals surface area contributed by atoms with Gasteiger partial charge in [-0.15, -0.1) is 5.10 Å². The van der Waals surface area contributed by atoms with Crippen molar-refractivity contribution in [2.75, 3.05) is 25.0 Å². The maximum atomic E-state index is 12.6. The molecule has 4 rings (SSSR count). The summed E-state index contributed by atoms with van der Waals surface area (Å²) in [5.41, 5.74) is 0. The van der Waals surface area contributed by atoms with Crippen molar-refractivity contribution in [3.05, 3.63) is 42.6 Å². The van der Waals surface area contributed by atoms with E-state index in [2.05, 4.69) is 32.1 Å². The van der Waals surface area contributed by atoms with Crippen LogP contribution in [-0.4, -0.2) is 57.2 Å². The fourth-order valence-electron chi connectivity index (χ4n) is 4.09. The van der Waals surface area contributed by atoms with E-state index in [9.17, 15) is 4.79 Å². The Kier molecular flexibility index (Phi) is 3.84. The minimum Gasteiger partial charge on any atom is -0.355 e. The summed E-state index contributed by atoms with van der Waals surface area (Å²) in [4.78, 5) is 24.9. The largest absolute Gasteiger partial charge is 0.355 e. The van der Waals surface area contributed by atoms with Gasteiger partial charge >= 0.3 is 0 Å². The third kappa shape index (κ3) is 2.60. The van der Waals surface area contributed by atoms with Gasteiger partial charge in [-0.2, -0.15) is 5.10 Å². The molecule has 3 heterocycles. The van der Waals surface area contributed by atoms with Crippen LogP contribution in [0.2, 0.25) is 0 Å². The number of hydrogen-bond donors (Lipinski definition) is 0. The molecule has 0 radical (unpaired) electrons. The summed E-state index contributed by atoms with van der Waals surface area (Å²) in [6, 6.07) is 6.00. The first-order valence-electron chi connectivity index (χ1n) is 8.31. The van der Waals surface area contributed by atoms with Gasteiger partial charge in [0.25, 0.3) is 5.91 Å². The van der Waals surface area contributed by atoms with E-state index >= 15 is 0 Å². The number of amides is 1. The monoisotopic (exact) mass is 324 g/mol. The van der Waals surface area contributed by atoms with E-state index in [0.29, 0.717) is 17.9 Å². The molecule has 0 spiro atoms. The molecule has 2 aromatic heterocycles. The minimum absolute atomic E-state index is 0.0640. The molecule has 3 atom stereocenters. The zero-order valence-corrected chi connectivity index (χ0v) is 13.6. The van der Waals surface area contributed by atoms with Crippen molar-refractivity contribution in [1.82, 2.24) is 25.1 Å². The molecule has 1 aliphatic heterocycles. The van der Waals surface area contributed by atoms with E-state index < -0.39 is 0 Å². The van der Waals surface area contributed by atoms with Gasteiger partial charge in [-0.1, -0.05) is 0 Å². The summed E-state index contributed by atoms with van der Waals surface area (Å²) in [6.45, 7) is 1.56. The van der Waals surface area contributed by atoms with Crippen LogP contribution in [0.5, 0.6) is 0 Å². The number of aromatic nitrogens is 4. The summed E-state index contributed by atoms with van der Waals surface area (Å²) in [7, 11) is 2.07. The van der Waals surface area contributed by atoms with Gasteiger partial charge in [0.15, 0.2) is 5.82 Å². The van der Waals surface area contributed by atoms with Crippen molar-refractivity contribution in [2.45, 2.75) is 18.9 Å². The molecule has 7 heteroatoms. The number of hydrogen-bond acceptors (Lipinski definition) is 6. The van der Waals surface area contributed by atoms with Gasteiger partial charge in [0.05, 0.1) is 0 Å². The third-order valence-corrected chi connectivity index (χ3v) is 5.28. The highest BCUT2D eigenvalue weighted by Gasteiger charge is 2.46. The van der Waals surface area contributed by atoms with Gasteiger partial charge in [0.2, 0.25) is 5.82 Å². The molecule has 0 unspecified atom stereocenters. The molecule has 1 aliphatic carbocycles. The molecule has 1 saturated carbocycles. The molecule has 0 bridgehead atoms. The normalized spacial score (nSPS) is 25.5. The van der Waals surface area contributed by atoms with Gasteiger partial charge in [-0.05, 0) is 37.0 Å². The fourth-order valence-corrected chi connectivity index (χ4v) is 4.09. The Bertz CT molecular complexity index is 710. The van der Waals surface area contributed by atoms with Gasteiger partial charge in [0, 0.05) is 50.7 Å². The number of rotatable bonds is 3. The summed E-state index contributed by atoms with van der Waals surface area (Å²) in [5.74, 6) is 2.12. The number of likely N-dealkylation sites (tertiary alicyclic amines) is 1. The average Bonchev–Trinajstić information content (AvgIpc) is 3.22. The number of nitrogens with zero attached hydrogens (tertiary/aromatic N) is 6. The molecule has 2 aromatic rings. The van der Waals surface area contributed by atoms with Crippen molar-refractivity contribution < 1.29 is 4.79 Å². The zero-order valence-electron chi connectivity index (χ0n) is 13.6. The van der Waals surface area contributed by atoms with Crippen molar-refractivity contribution in [2.24, 2.45) is 11.8 Å². The fraction of sp³-hybridized carbons (Fsp3) is 0.471. The number of anilines is 1. The second-order valence-electron chi connectivity index (χ2n) is 6.54. The van der Waals surface area contributed by atoms with Crippen LogP contribution in [0.15, 0.2) is 36.8 Å². The van der Waals surface area contributed by atoms with Crippen LogP contribution in [0.1, 0.15) is 23.5 Å². The highest BCUT2D eigenvalue weighted by Crippen LogP contribution is 2.41. The van der Waals surface area contributed by atoms with Gasteiger partial charge in [0.1, 0.15) is 0 Å². The molecule has 1 saturated heterocycles. The van der Waals surface area contributed by atoms with Crippen molar-refractivity contribution >= 4 is 11.7 Å². The summed E-state index contributed by atoms with van der Waals surface area (Å²) < 4.78 is 0. The first-order chi connectivity index (χ1) is 11.7. The topological polar surface area (TPSA) is 75.1 Å². The molecule has 124 valence electrons. The van der Waals surface area contributed by atoms with E-state index in [1.54, 1.807) is 24.7 Å². The zero-order chi connectivity index (χ0) is 16.5. The molecule has 2 aliphatic rings. The van der Waals surface area contributed by atoms with Crippen LogP contribution in [-0.2, 0) is 0 Å². The van der Waals surface area contributed by atoms with Gasteiger partial charge in [-0.25, -0.2) is 9.97 Å². The Balaban J connectivity index is 1.48. The van der Waals surface area contributed by atoms with E-state index in [0.717, 1.165) is 31.7 Å². The molecular formula is C17H20N6O. The highest BCUT2D eigenvalue weighted by molar-refractivity contribution is 5.90. The van der Waals surface area contributed by atoms with Gasteiger partial charge in [-0.3, -0.25) is 4.79 Å². The Hall–Kier alpha value is -2.57. The highest BCUT2D eigenvalue weighted by atomic mass is 16.2. The lowest BCUT2D eigenvalue weighted by molar-refractivity contribution is 0.0767. The molecule has 7 nitrogen and oxygen atoms in total.